The molecular formula is C14H18N2O5S. The second kappa shape index (κ2) is 7.79. The Hall–Kier alpha value is -2.09. The molecular weight excluding hydrogens is 308 g/mol. The second-order valence-corrected chi connectivity index (χ2v) is 6.55. The number of carbonyl (C=O) groups excluding carboxylic acids is 2. The van der Waals surface area contributed by atoms with Crippen LogP contribution in [0, 0.1) is 10.1 Å². The van der Waals surface area contributed by atoms with Crippen molar-refractivity contribution in [2.24, 2.45) is 0 Å². The minimum atomic E-state index is -0.521. The summed E-state index contributed by atoms with van der Waals surface area (Å²) in [7, 11) is 0. The Balaban J connectivity index is 2.34. The zero-order valence-corrected chi connectivity index (χ0v) is 13.4. The summed E-state index contributed by atoms with van der Waals surface area (Å²) in [6, 6.07) is 5.85. The summed E-state index contributed by atoms with van der Waals surface area (Å²) in [5.74, 6) is -0.853. The zero-order chi connectivity index (χ0) is 16.8. The first kappa shape index (κ1) is 18.0. The van der Waals surface area contributed by atoms with Crippen molar-refractivity contribution in [1.82, 2.24) is 5.32 Å². The van der Waals surface area contributed by atoms with Crippen LogP contribution in [0.25, 0.3) is 0 Å². The summed E-state index contributed by atoms with van der Waals surface area (Å²) < 4.78 is 4.85. The van der Waals surface area contributed by atoms with Crippen molar-refractivity contribution in [3.05, 3.63) is 34.4 Å². The summed E-state index contributed by atoms with van der Waals surface area (Å²) >= 11 is 1.18. The average Bonchev–Trinajstić information content (AvgIpc) is 2.41. The van der Waals surface area contributed by atoms with Crippen molar-refractivity contribution < 1.29 is 19.2 Å². The summed E-state index contributed by atoms with van der Waals surface area (Å²) in [6.45, 7) is 5.17. The molecule has 1 rings (SSSR count). The van der Waals surface area contributed by atoms with E-state index >= 15 is 0 Å². The number of nitrogens with zero attached hydrogens (tertiary/aromatic N) is 1. The van der Waals surface area contributed by atoms with Crippen LogP contribution in [0.5, 0.6) is 0 Å². The van der Waals surface area contributed by atoms with Gasteiger partial charge in [-0.1, -0.05) is 0 Å². The van der Waals surface area contributed by atoms with E-state index in [0.717, 1.165) is 0 Å². The lowest BCUT2D eigenvalue weighted by Crippen LogP contribution is -2.42. The number of hydrogen-bond donors (Lipinski definition) is 1. The Morgan fingerprint density at radius 2 is 1.86 bits per heavy atom. The van der Waals surface area contributed by atoms with Crippen LogP contribution in [0.3, 0.4) is 0 Å². The predicted molar refractivity (Wildman–Crippen MR) is 82.7 cm³/mol. The number of amides is 1. The Bertz CT molecular complexity index is 551. The topological polar surface area (TPSA) is 98.5 Å². The van der Waals surface area contributed by atoms with Gasteiger partial charge in [0.1, 0.15) is 0 Å². The van der Waals surface area contributed by atoms with Gasteiger partial charge in [0.15, 0.2) is 6.61 Å². The number of nitro benzene ring substituents is 1. The zero-order valence-electron chi connectivity index (χ0n) is 12.6. The molecule has 0 aliphatic carbocycles. The molecule has 0 saturated heterocycles. The van der Waals surface area contributed by atoms with Gasteiger partial charge >= 0.3 is 5.97 Å². The van der Waals surface area contributed by atoms with Crippen molar-refractivity contribution in [2.45, 2.75) is 31.2 Å². The molecule has 120 valence electrons. The molecule has 1 N–H and O–H groups in total. The van der Waals surface area contributed by atoms with Gasteiger partial charge in [0.05, 0.1) is 10.7 Å². The fraction of sp³-hybridized carbons (Fsp3) is 0.429. The van der Waals surface area contributed by atoms with Crippen molar-refractivity contribution in [2.75, 3.05) is 12.4 Å². The van der Waals surface area contributed by atoms with Gasteiger partial charge in [-0.2, -0.15) is 0 Å². The first-order chi connectivity index (χ1) is 10.2. The van der Waals surface area contributed by atoms with E-state index in [9.17, 15) is 19.7 Å². The number of thioether (sulfide) groups is 1. The highest BCUT2D eigenvalue weighted by atomic mass is 32.2. The molecule has 0 aliphatic rings. The van der Waals surface area contributed by atoms with E-state index in [-0.39, 0.29) is 29.5 Å². The van der Waals surface area contributed by atoms with E-state index in [1.165, 1.54) is 23.9 Å². The molecule has 0 aliphatic heterocycles. The Morgan fingerprint density at radius 1 is 1.27 bits per heavy atom. The lowest BCUT2D eigenvalue weighted by Gasteiger charge is -2.20. The molecule has 0 saturated carbocycles. The Morgan fingerprint density at radius 3 is 2.36 bits per heavy atom. The normalized spacial score (nSPS) is 10.9. The first-order valence-electron chi connectivity index (χ1n) is 6.51. The van der Waals surface area contributed by atoms with Crippen LogP contribution in [0.4, 0.5) is 5.69 Å². The van der Waals surface area contributed by atoms with E-state index in [4.69, 9.17) is 4.74 Å². The minimum absolute atomic E-state index is 0.00854. The number of non-ortho nitro benzene ring substituents is 1. The molecule has 0 spiro atoms. The molecule has 0 bridgehead atoms. The largest absolute Gasteiger partial charge is 0.455 e. The van der Waals surface area contributed by atoms with Gasteiger partial charge in [0.25, 0.3) is 11.6 Å². The van der Waals surface area contributed by atoms with Crippen molar-refractivity contribution >= 4 is 29.3 Å². The van der Waals surface area contributed by atoms with Crippen LogP contribution in [0.15, 0.2) is 29.2 Å². The minimum Gasteiger partial charge on any atom is -0.455 e. The van der Waals surface area contributed by atoms with Crippen LogP contribution >= 0.6 is 11.8 Å². The number of rotatable bonds is 6. The number of nitro groups is 1. The lowest BCUT2D eigenvalue weighted by atomic mass is 10.1. The Kier molecular flexibility index (Phi) is 6.36. The quantitative estimate of drug-likeness (QED) is 0.372. The number of carbonyl (C=O) groups is 2. The SMILES string of the molecule is CC(C)(C)NC(=O)COC(=O)CSc1ccc([N+](=O)[O-])cc1. The molecule has 1 aromatic rings. The number of hydrogen-bond acceptors (Lipinski definition) is 6. The van der Waals surface area contributed by atoms with Crippen molar-refractivity contribution in [3.8, 4) is 0 Å². The van der Waals surface area contributed by atoms with E-state index < -0.39 is 10.9 Å². The average molecular weight is 326 g/mol. The maximum atomic E-state index is 11.5. The van der Waals surface area contributed by atoms with Gasteiger partial charge in [0, 0.05) is 22.6 Å². The highest BCUT2D eigenvalue weighted by molar-refractivity contribution is 8.00. The molecule has 0 atom stereocenters. The van der Waals surface area contributed by atoms with Gasteiger partial charge in [-0.25, -0.2) is 0 Å². The number of esters is 1. The fourth-order valence-corrected chi connectivity index (χ4v) is 2.14. The van der Waals surface area contributed by atoms with E-state index in [1.54, 1.807) is 12.1 Å². The maximum absolute atomic E-state index is 11.5. The molecule has 1 amide bonds. The third kappa shape index (κ3) is 7.07. The van der Waals surface area contributed by atoms with Gasteiger partial charge in [-0.05, 0) is 32.9 Å². The van der Waals surface area contributed by atoms with Gasteiger partial charge in [-0.15, -0.1) is 11.8 Å². The van der Waals surface area contributed by atoms with Crippen LogP contribution in [-0.4, -0.2) is 34.7 Å². The number of ether oxygens (including phenoxy) is 1. The molecule has 1 aromatic carbocycles. The third-order valence-corrected chi connectivity index (χ3v) is 3.27. The summed E-state index contributed by atoms with van der Waals surface area (Å²) in [5, 5.41) is 13.2. The summed E-state index contributed by atoms with van der Waals surface area (Å²) in [5.41, 5.74) is -0.387. The van der Waals surface area contributed by atoms with Gasteiger partial charge in [0.2, 0.25) is 0 Å². The Labute approximate surface area is 132 Å². The van der Waals surface area contributed by atoms with Gasteiger partial charge < -0.3 is 10.1 Å². The van der Waals surface area contributed by atoms with Crippen molar-refractivity contribution in [3.63, 3.8) is 0 Å². The standard InChI is InChI=1S/C14H18N2O5S/c1-14(2,3)15-12(17)8-21-13(18)9-22-11-6-4-10(5-7-11)16(19)20/h4-7H,8-9H2,1-3H3,(H,15,17). The molecule has 0 heterocycles. The smallest absolute Gasteiger partial charge is 0.316 e. The molecule has 0 unspecified atom stereocenters. The lowest BCUT2D eigenvalue weighted by molar-refractivity contribution is -0.384. The highest BCUT2D eigenvalue weighted by Gasteiger charge is 2.15. The van der Waals surface area contributed by atoms with Crippen molar-refractivity contribution in [1.29, 1.82) is 0 Å². The maximum Gasteiger partial charge on any atom is 0.316 e. The summed E-state index contributed by atoms with van der Waals surface area (Å²) in [6.07, 6.45) is 0. The molecule has 0 aromatic heterocycles. The van der Waals surface area contributed by atoms with E-state index in [0.29, 0.717) is 4.90 Å². The first-order valence-corrected chi connectivity index (χ1v) is 7.50. The van der Waals surface area contributed by atoms with Crippen LogP contribution in [-0.2, 0) is 14.3 Å². The monoisotopic (exact) mass is 326 g/mol. The molecule has 22 heavy (non-hydrogen) atoms. The van der Waals surface area contributed by atoms with Gasteiger partial charge in [-0.3, -0.25) is 19.7 Å². The fourth-order valence-electron chi connectivity index (χ4n) is 1.45. The highest BCUT2D eigenvalue weighted by Crippen LogP contribution is 2.21. The number of benzene rings is 1. The molecule has 0 fully saturated rings. The molecule has 8 heteroatoms. The van der Waals surface area contributed by atoms with Crippen LogP contribution in [0.1, 0.15) is 20.8 Å². The summed E-state index contributed by atoms with van der Waals surface area (Å²) in [4.78, 5) is 33.7. The van der Waals surface area contributed by atoms with Crippen LogP contribution in [0.2, 0.25) is 0 Å². The van der Waals surface area contributed by atoms with Crippen LogP contribution < -0.4 is 5.32 Å². The third-order valence-electron chi connectivity index (χ3n) is 2.28. The molecule has 7 nitrogen and oxygen atoms in total. The van der Waals surface area contributed by atoms with E-state index in [1.807, 2.05) is 20.8 Å². The van der Waals surface area contributed by atoms with E-state index in [2.05, 4.69) is 5.32 Å². The predicted octanol–water partition coefficient (Wildman–Crippen LogP) is 2.14. The molecule has 0 radical (unpaired) electrons. The second-order valence-electron chi connectivity index (χ2n) is 5.50. The number of nitrogens with one attached hydrogen (secondary N) is 1.